The van der Waals surface area contributed by atoms with Gasteiger partial charge in [-0.15, -0.1) is 0 Å². The monoisotopic (exact) mass is 561 g/mol. The van der Waals surface area contributed by atoms with E-state index in [-0.39, 0.29) is 37.1 Å². The number of rotatable bonds is 7. The summed E-state index contributed by atoms with van der Waals surface area (Å²) >= 11 is 0. The number of aliphatic carboxylic acids is 1. The van der Waals surface area contributed by atoms with Crippen LogP contribution in [0.5, 0.6) is 11.5 Å². The van der Waals surface area contributed by atoms with Crippen molar-refractivity contribution in [3.05, 3.63) is 35.1 Å². The van der Waals surface area contributed by atoms with Gasteiger partial charge in [-0.2, -0.15) is 0 Å². The molecule has 12 heteroatoms. The summed E-state index contributed by atoms with van der Waals surface area (Å²) < 4.78 is 21.8. The van der Waals surface area contributed by atoms with Crippen molar-refractivity contribution in [3.8, 4) is 11.5 Å². The average Bonchev–Trinajstić information content (AvgIpc) is 3.23. The van der Waals surface area contributed by atoms with Gasteiger partial charge in [0.15, 0.2) is 23.7 Å². The molecular formula is C28H35NO11. The molecule has 0 radical (unpaired) electrons. The predicted octanol–water partition coefficient (Wildman–Crippen LogP) is 1.43. The number of aliphatic hydroxyl groups is 1. The molecule has 2 aliphatic carbocycles. The van der Waals surface area contributed by atoms with Crippen LogP contribution in [0.15, 0.2) is 24.0 Å². The van der Waals surface area contributed by atoms with Gasteiger partial charge in [0.25, 0.3) is 0 Å². The Morgan fingerprint density at radius 2 is 1.85 bits per heavy atom. The number of hydrogen-bond donors (Lipinski definition) is 3. The van der Waals surface area contributed by atoms with E-state index < -0.39 is 59.1 Å². The van der Waals surface area contributed by atoms with Crippen molar-refractivity contribution >= 4 is 23.9 Å². The maximum absolute atomic E-state index is 13.0. The normalized spacial score (nSPS) is 29.8. The second-order valence-electron chi connectivity index (χ2n) is 10.8. The van der Waals surface area contributed by atoms with Gasteiger partial charge in [-0.3, -0.25) is 9.59 Å². The third-order valence-corrected chi connectivity index (χ3v) is 8.57. The zero-order chi connectivity index (χ0) is 28.4. The van der Waals surface area contributed by atoms with E-state index in [1.165, 1.54) is 13.8 Å². The molecule has 2 aliphatic heterocycles. The van der Waals surface area contributed by atoms with Gasteiger partial charge < -0.3 is 39.2 Å². The molecule has 2 heterocycles. The van der Waals surface area contributed by atoms with Crippen LogP contribution in [0.2, 0.25) is 0 Å². The number of esters is 3. The van der Waals surface area contributed by atoms with Crippen LogP contribution in [0, 0.1) is 5.92 Å². The summed E-state index contributed by atoms with van der Waals surface area (Å²) in [5, 5.41) is 32.0. The SMILES string of the molecule is C.CC(=O)O[C@@H](C(=O)O[C@@H](C)C(=O)OC1=CC[C@@]2(O)[C@H]3Cc4ccc(O)c5c4[C@@]2(CCN3C)[C@H]1O5)[C@@H](C)C(=O)O. The first-order chi connectivity index (χ1) is 18.3. The fourth-order valence-corrected chi connectivity index (χ4v) is 6.59. The number of likely N-dealkylation sites (tertiary alicyclic amines) is 1. The van der Waals surface area contributed by atoms with Gasteiger partial charge in [0.05, 0.1) is 11.0 Å². The number of hydrogen-bond acceptors (Lipinski definition) is 11. The number of piperidine rings is 1. The number of carboxylic acid groups (broad SMARTS) is 1. The van der Waals surface area contributed by atoms with E-state index in [0.717, 1.165) is 18.1 Å². The highest BCUT2D eigenvalue weighted by Gasteiger charge is 2.72. The van der Waals surface area contributed by atoms with Crippen molar-refractivity contribution in [1.29, 1.82) is 0 Å². The molecule has 3 N–H and O–H groups in total. The first-order valence-electron chi connectivity index (χ1n) is 12.8. The highest BCUT2D eigenvalue weighted by Crippen LogP contribution is 2.65. The highest BCUT2D eigenvalue weighted by atomic mass is 16.6. The first-order valence-corrected chi connectivity index (χ1v) is 12.8. The van der Waals surface area contributed by atoms with Crippen molar-refractivity contribution in [1.82, 2.24) is 4.90 Å². The summed E-state index contributed by atoms with van der Waals surface area (Å²) in [6.07, 6.45) is -1.35. The molecule has 218 valence electrons. The number of carboxylic acids is 1. The zero-order valence-electron chi connectivity index (χ0n) is 22.0. The number of phenolic OH excluding ortho intramolecular Hbond substituents is 1. The smallest absolute Gasteiger partial charge is 0.352 e. The van der Waals surface area contributed by atoms with Crippen LogP contribution in [0.3, 0.4) is 0 Å². The summed E-state index contributed by atoms with van der Waals surface area (Å²) in [7, 11) is 1.95. The van der Waals surface area contributed by atoms with Crippen LogP contribution in [0.4, 0.5) is 0 Å². The third-order valence-electron chi connectivity index (χ3n) is 8.57. The summed E-state index contributed by atoms with van der Waals surface area (Å²) in [4.78, 5) is 50.6. The quantitative estimate of drug-likeness (QED) is 0.324. The Kier molecular flexibility index (Phi) is 7.39. The van der Waals surface area contributed by atoms with Crippen molar-refractivity contribution in [3.63, 3.8) is 0 Å². The number of ether oxygens (including phenoxy) is 4. The number of carbonyl (C=O) groups excluding carboxylic acids is 3. The molecular weight excluding hydrogens is 526 g/mol. The number of likely N-dealkylation sites (N-methyl/N-ethyl adjacent to an activating group) is 1. The standard InChI is InChI=1S/C27H31NO11.CH4/c1-12(23(31)32)20(37-14(3)29)25(34)36-13(2)24(33)38-17-7-8-27(35)18-11-15-5-6-16(30)21-19(15)26(27,22(17)39-21)9-10-28(18)4;/h5-7,12-13,18,20,22,30,35H,8-11H2,1-4H3,(H,31,32);1H4/t12-,13+,18-,20-,22+,26+,27-;/m1./s1. The van der Waals surface area contributed by atoms with Crippen molar-refractivity contribution in [2.24, 2.45) is 5.92 Å². The Morgan fingerprint density at radius 3 is 2.50 bits per heavy atom. The summed E-state index contributed by atoms with van der Waals surface area (Å²) in [6, 6.07) is 3.16. The van der Waals surface area contributed by atoms with Gasteiger partial charge in [-0.25, -0.2) is 9.59 Å². The van der Waals surface area contributed by atoms with Crippen LogP contribution in [-0.4, -0.2) is 87.6 Å². The molecule has 2 bridgehead atoms. The Hall–Kier alpha value is -3.64. The molecule has 7 atom stereocenters. The maximum Gasteiger partial charge on any atom is 0.352 e. The van der Waals surface area contributed by atoms with E-state index in [4.69, 9.17) is 18.9 Å². The largest absolute Gasteiger partial charge is 0.504 e. The van der Waals surface area contributed by atoms with E-state index in [0.29, 0.717) is 19.4 Å². The van der Waals surface area contributed by atoms with Gasteiger partial charge >= 0.3 is 23.9 Å². The fraction of sp³-hybridized carbons (Fsp3) is 0.571. The highest BCUT2D eigenvalue weighted by molar-refractivity contribution is 5.87. The summed E-state index contributed by atoms with van der Waals surface area (Å²) in [5.74, 6) is -5.57. The number of phenols is 1. The lowest BCUT2D eigenvalue weighted by Gasteiger charge is -2.61. The third kappa shape index (κ3) is 4.12. The molecule has 5 rings (SSSR count). The van der Waals surface area contributed by atoms with Crippen LogP contribution in [0.1, 0.15) is 52.2 Å². The van der Waals surface area contributed by atoms with E-state index >= 15 is 0 Å². The summed E-state index contributed by atoms with van der Waals surface area (Å²) in [6.45, 7) is 4.08. The predicted molar refractivity (Wildman–Crippen MR) is 137 cm³/mol. The van der Waals surface area contributed by atoms with Crippen LogP contribution in [-0.2, 0) is 45.2 Å². The molecule has 0 amide bonds. The number of benzene rings is 1. The van der Waals surface area contributed by atoms with E-state index in [1.807, 2.05) is 13.1 Å². The fourth-order valence-electron chi connectivity index (χ4n) is 6.59. The molecule has 1 aromatic carbocycles. The number of aromatic hydroxyl groups is 1. The Labute approximate surface area is 231 Å². The van der Waals surface area contributed by atoms with Gasteiger partial charge in [0, 0.05) is 24.9 Å². The molecule has 12 nitrogen and oxygen atoms in total. The molecule has 0 saturated carbocycles. The second-order valence-corrected chi connectivity index (χ2v) is 10.8. The van der Waals surface area contributed by atoms with Gasteiger partial charge in [0.1, 0.15) is 11.7 Å². The maximum atomic E-state index is 13.0. The molecule has 0 unspecified atom stereocenters. The molecule has 0 aromatic heterocycles. The molecule has 1 fully saturated rings. The van der Waals surface area contributed by atoms with E-state index in [1.54, 1.807) is 12.1 Å². The van der Waals surface area contributed by atoms with Crippen molar-refractivity contribution < 1.29 is 53.4 Å². The number of nitrogens with zero attached hydrogens (tertiary/aromatic N) is 1. The van der Waals surface area contributed by atoms with E-state index in [9.17, 15) is 34.5 Å². The van der Waals surface area contributed by atoms with Crippen LogP contribution in [0.25, 0.3) is 0 Å². The van der Waals surface area contributed by atoms with Crippen LogP contribution >= 0.6 is 0 Å². The molecule has 1 saturated heterocycles. The van der Waals surface area contributed by atoms with Crippen molar-refractivity contribution in [2.75, 3.05) is 13.6 Å². The Bertz CT molecular complexity index is 1290. The molecule has 40 heavy (non-hydrogen) atoms. The van der Waals surface area contributed by atoms with Crippen molar-refractivity contribution in [2.45, 2.75) is 82.8 Å². The molecule has 1 spiro atoms. The lowest BCUT2D eigenvalue weighted by Crippen LogP contribution is -2.74. The topological polar surface area (TPSA) is 169 Å². The van der Waals surface area contributed by atoms with Gasteiger partial charge in [-0.05, 0) is 58.0 Å². The van der Waals surface area contributed by atoms with Crippen LogP contribution < -0.4 is 4.74 Å². The Balaban J connectivity index is 0.00000370. The minimum absolute atomic E-state index is 0. The van der Waals surface area contributed by atoms with E-state index in [2.05, 4.69) is 4.90 Å². The Morgan fingerprint density at radius 1 is 1.15 bits per heavy atom. The van der Waals surface area contributed by atoms with Gasteiger partial charge in [-0.1, -0.05) is 13.5 Å². The number of carbonyl (C=O) groups is 4. The molecule has 4 aliphatic rings. The molecule has 1 aromatic rings. The minimum Gasteiger partial charge on any atom is -0.504 e. The lowest BCUT2D eigenvalue weighted by molar-refractivity contribution is -0.184. The average molecular weight is 562 g/mol. The van der Waals surface area contributed by atoms with Gasteiger partial charge in [0.2, 0.25) is 6.10 Å². The minimum atomic E-state index is -1.76. The first kappa shape index (κ1) is 29.3. The lowest BCUT2D eigenvalue weighted by atomic mass is 9.50. The summed E-state index contributed by atoms with van der Waals surface area (Å²) in [5.41, 5.74) is -0.527. The second kappa shape index (κ2) is 10.1. The zero-order valence-corrected chi connectivity index (χ0v) is 22.0.